The summed E-state index contributed by atoms with van der Waals surface area (Å²) in [4.78, 5) is 9.57. The molecule has 2 N–H and O–H groups in total. The number of hydrogen-bond acceptors (Lipinski definition) is 2. The van der Waals surface area contributed by atoms with E-state index in [0.29, 0.717) is 5.95 Å². The molecule has 0 aliphatic carbocycles. The maximum absolute atomic E-state index is 5.40. The first-order valence-electron chi connectivity index (χ1n) is 5.21. The van der Waals surface area contributed by atoms with E-state index in [4.69, 9.17) is 18.2 Å². The van der Waals surface area contributed by atoms with E-state index in [2.05, 4.69) is 20.7 Å². The number of aromatic amines is 1. The van der Waals surface area contributed by atoms with Crippen molar-refractivity contribution in [1.82, 2.24) is 9.97 Å². The summed E-state index contributed by atoms with van der Waals surface area (Å²) in [7, 11) is 0. The second-order valence-electron chi connectivity index (χ2n) is 3.47. The number of nitrogens with one attached hydrogen (secondary N) is 2. The fourth-order valence-corrected chi connectivity index (χ4v) is 1.53. The Morgan fingerprint density at radius 2 is 2.20 bits per heavy atom. The third-order valence-electron chi connectivity index (χ3n) is 2.24. The molecule has 1 rings (SSSR count). The Morgan fingerprint density at radius 1 is 1.40 bits per heavy atom. The van der Waals surface area contributed by atoms with Crippen LogP contribution in [0.3, 0.4) is 0 Å². The highest BCUT2D eigenvalue weighted by molar-refractivity contribution is 6.23. The van der Waals surface area contributed by atoms with E-state index in [-0.39, 0.29) is 0 Å². The molecule has 0 aliphatic rings. The first-order valence-corrected chi connectivity index (χ1v) is 5.58. The lowest BCUT2D eigenvalue weighted by atomic mass is 10.1. The van der Waals surface area contributed by atoms with E-state index in [1.54, 1.807) is 0 Å². The van der Waals surface area contributed by atoms with E-state index < -0.39 is 0 Å². The molecule has 0 bridgehead atoms. The first kappa shape index (κ1) is 11.9. The molecule has 0 spiro atoms. The van der Waals surface area contributed by atoms with Gasteiger partial charge in [0.2, 0.25) is 5.95 Å². The topological polar surface area (TPSA) is 40.7 Å². The summed E-state index contributed by atoms with van der Waals surface area (Å²) in [5.41, 5.74) is 1.12. The Labute approximate surface area is 95.7 Å². The largest absolute Gasteiger partial charge is 0.327 e. The number of halogens is 1. The van der Waals surface area contributed by atoms with Gasteiger partial charge in [-0.15, -0.1) is 12.3 Å². The molecule has 3 nitrogen and oxygen atoms in total. The van der Waals surface area contributed by atoms with Gasteiger partial charge in [0.1, 0.15) is 0 Å². The highest BCUT2D eigenvalue weighted by atomic mass is 35.5. The number of nitrogens with zero attached hydrogens (tertiary/aromatic N) is 1. The Kier molecular flexibility index (Phi) is 5.72. The standard InChI is InChI=1S/C11H16ClN3/c1-2-3-4-5-6-7-8-10-9-13-11(14-10)15-12/h1,9H,3-8H2,(H2,13,14,15). The molecule has 82 valence electrons. The summed E-state index contributed by atoms with van der Waals surface area (Å²) >= 11 is 5.40. The van der Waals surface area contributed by atoms with Gasteiger partial charge < -0.3 is 4.98 Å². The predicted octanol–water partition coefficient (Wildman–Crippen LogP) is 3.10. The van der Waals surface area contributed by atoms with E-state index in [1.807, 2.05) is 6.20 Å². The quantitative estimate of drug-likeness (QED) is 0.425. The molecule has 1 aromatic heterocycles. The number of terminal acetylenes is 1. The van der Waals surface area contributed by atoms with Gasteiger partial charge in [0.25, 0.3) is 0 Å². The Balaban J connectivity index is 2.07. The minimum atomic E-state index is 0.610. The second-order valence-corrected chi connectivity index (χ2v) is 3.66. The van der Waals surface area contributed by atoms with Crippen molar-refractivity contribution in [2.75, 3.05) is 4.84 Å². The van der Waals surface area contributed by atoms with Crippen LogP contribution < -0.4 is 4.84 Å². The zero-order valence-corrected chi connectivity index (χ0v) is 9.48. The van der Waals surface area contributed by atoms with Crippen LogP contribution in [0.4, 0.5) is 5.95 Å². The average molecular weight is 226 g/mol. The summed E-state index contributed by atoms with van der Waals surface area (Å²) in [5, 5.41) is 0. The number of aryl methyl sites for hydroxylation is 1. The van der Waals surface area contributed by atoms with Gasteiger partial charge in [-0.1, -0.05) is 12.8 Å². The molecular formula is C11H16ClN3. The molecule has 0 aliphatic heterocycles. The summed E-state index contributed by atoms with van der Waals surface area (Å²) in [6, 6.07) is 0. The van der Waals surface area contributed by atoms with E-state index in [9.17, 15) is 0 Å². The number of anilines is 1. The predicted molar refractivity (Wildman–Crippen MR) is 63.7 cm³/mol. The van der Waals surface area contributed by atoms with Gasteiger partial charge >= 0.3 is 0 Å². The van der Waals surface area contributed by atoms with Crippen molar-refractivity contribution in [3.63, 3.8) is 0 Å². The highest BCUT2D eigenvalue weighted by Gasteiger charge is 1.98. The lowest BCUT2D eigenvalue weighted by molar-refractivity contribution is 0.646. The van der Waals surface area contributed by atoms with Gasteiger partial charge in [0.05, 0.1) is 6.20 Å². The summed E-state index contributed by atoms with van der Waals surface area (Å²) < 4.78 is 0. The summed E-state index contributed by atoms with van der Waals surface area (Å²) in [6.07, 6.45) is 13.6. The number of unbranched alkanes of at least 4 members (excludes halogenated alkanes) is 4. The van der Waals surface area contributed by atoms with Crippen molar-refractivity contribution in [3.8, 4) is 12.3 Å². The minimum Gasteiger partial charge on any atom is -0.327 e. The van der Waals surface area contributed by atoms with Crippen molar-refractivity contribution in [2.45, 2.75) is 38.5 Å². The van der Waals surface area contributed by atoms with Crippen LogP contribution in [0.15, 0.2) is 6.20 Å². The minimum absolute atomic E-state index is 0.610. The van der Waals surface area contributed by atoms with E-state index in [1.165, 1.54) is 12.8 Å². The van der Waals surface area contributed by atoms with Crippen molar-refractivity contribution in [1.29, 1.82) is 0 Å². The zero-order valence-electron chi connectivity index (χ0n) is 8.72. The maximum atomic E-state index is 5.40. The molecule has 0 fully saturated rings. The summed E-state index contributed by atoms with van der Waals surface area (Å²) in [5.74, 6) is 3.26. The Hall–Kier alpha value is -1.14. The lowest BCUT2D eigenvalue weighted by Gasteiger charge is -1.97. The third-order valence-corrected chi connectivity index (χ3v) is 2.41. The average Bonchev–Trinajstić information content (AvgIpc) is 2.71. The fourth-order valence-electron chi connectivity index (χ4n) is 1.43. The van der Waals surface area contributed by atoms with Crippen molar-refractivity contribution in [2.24, 2.45) is 0 Å². The number of imidazole rings is 1. The SMILES string of the molecule is C#CCCCCCCc1cnc(NCl)[nH]1. The van der Waals surface area contributed by atoms with Crippen LogP contribution in [-0.4, -0.2) is 9.97 Å². The normalized spacial score (nSPS) is 9.87. The van der Waals surface area contributed by atoms with Gasteiger partial charge in [-0.05, 0) is 19.3 Å². The number of H-pyrrole nitrogens is 1. The molecule has 0 radical (unpaired) electrons. The van der Waals surface area contributed by atoms with Gasteiger partial charge in [0, 0.05) is 23.9 Å². The molecule has 0 unspecified atom stereocenters. The van der Waals surface area contributed by atoms with Gasteiger partial charge in [-0.2, -0.15) is 0 Å². The van der Waals surface area contributed by atoms with Crippen LogP contribution in [0.5, 0.6) is 0 Å². The zero-order chi connectivity index (χ0) is 10.9. The molecule has 0 saturated heterocycles. The molecule has 4 heteroatoms. The molecule has 1 heterocycles. The van der Waals surface area contributed by atoms with E-state index >= 15 is 0 Å². The van der Waals surface area contributed by atoms with Gasteiger partial charge in [0.15, 0.2) is 0 Å². The maximum Gasteiger partial charge on any atom is 0.215 e. The lowest BCUT2D eigenvalue weighted by Crippen LogP contribution is -1.87. The molecule has 1 aromatic rings. The van der Waals surface area contributed by atoms with Crippen LogP contribution >= 0.6 is 11.8 Å². The molecule has 0 amide bonds. The van der Waals surface area contributed by atoms with Gasteiger partial charge in [-0.3, -0.25) is 4.84 Å². The number of aromatic nitrogens is 2. The second kappa shape index (κ2) is 7.19. The smallest absolute Gasteiger partial charge is 0.215 e. The molecule has 0 saturated carbocycles. The van der Waals surface area contributed by atoms with Crippen LogP contribution in [0.25, 0.3) is 0 Å². The molecule has 15 heavy (non-hydrogen) atoms. The Bertz CT molecular complexity index is 314. The molecular weight excluding hydrogens is 210 g/mol. The van der Waals surface area contributed by atoms with E-state index in [0.717, 1.165) is 31.4 Å². The highest BCUT2D eigenvalue weighted by Crippen LogP contribution is 2.09. The Morgan fingerprint density at radius 3 is 2.87 bits per heavy atom. The van der Waals surface area contributed by atoms with Crippen LogP contribution in [0.2, 0.25) is 0 Å². The molecule has 0 aromatic carbocycles. The molecule has 0 atom stereocenters. The summed E-state index contributed by atoms with van der Waals surface area (Å²) in [6.45, 7) is 0. The monoisotopic (exact) mass is 225 g/mol. The van der Waals surface area contributed by atoms with Crippen molar-refractivity contribution in [3.05, 3.63) is 11.9 Å². The third kappa shape index (κ3) is 4.75. The van der Waals surface area contributed by atoms with Crippen molar-refractivity contribution >= 4 is 17.7 Å². The van der Waals surface area contributed by atoms with Crippen LogP contribution in [-0.2, 0) is 6.42 Å². The number of hydrogen-bond donors (Lipinski definition) is 2. The first-order chi connectivity index (χ1) is 7.36. The number of rotatable bonds is 7. The van der Waals surface area contributed by atoms with Crippen molar-refractivity contribution < 1.29 is 0 Å². The van der Waals surface area contributed by atoms with Crippen LogP contribution in [0.1, 0.15) is 37.8 Å². The van der Waals surface area contributed by atoms with Crippen LogP contribution in [0, 0.1) is 12.3 Å². The fraction of sp³-hybridized carbons (Fsp3) is 0.545. The van der Waals surface area contributed by atoms with Gasteiger partial charge in [-0.25, -0.2) is 4.98 Å².